The topological polar surface area (TPSA) is 79.4 Å². The van der Waals surface area contributed by atoms with Gasteiger partial charge in [0, 0.05) is 38.4 Å². The van der Waals surface area contributed by atoms with Crippen molar-refractivity contribution in [2.45, 2.75) is 37.0 Å². The molecule has 1 amide bonds. The number of hydrogen-bond acceptors (Lipinski definition) is 4. The molecule has 2 heterocycles. The molecular formula is C21H26FN3O3S. The van der Waals surface area contributed by atoms with Crippen molar-refractivity contribution in [2.24, 2.45) is 5.92 Å². The van der Waals surface area contributed by atoms with Crippen LogP contribution in [0.3, 0.4) is 0 Å². The van der Waals surface area contributed by atoms with Gasteiger partial charge in [0.2, 0.25) is 15.9 Å². The lowest BCUT2D eigenvalue weighted by atomic mass is 9.94. The van der Waals surface area contributed by atoms with Crippen molar-refractivity contribution in [2.75, 3.05) is 19.6 Å². The van der Waals surface area contributed by atoms with Crippen LogP contribution in [0.5, 0.6) is 0 Å². The van der Waals surface area contributed by atoms with E-state index in [1.54, 1.807) is 12.4 Å². The maximum atomic E-state index is 14.0. The fourth-order valence-electron chi connectivity index (χ4n) is 3.59. The normalized spacial score (nSPS) is 17.8. The number of aromatic nitrogens is 1. The van der Waals surface area contributed by atoms with Crippen LogP contribution in [0.4, 0.5) is 4.39 Å². The lowest BCUT2D eigenvalue weighted by Crippen LogP contribution is -2.40. The number of amides is 1. The third kappa shape index (κ3) is 5.83. The fourth-order valence-corrected chi connectivity index (χ4v) is 5.21. The van der Waals surface area contributed by atoms with Crippen LogP contribution in [0.15, 0.2) is 53.7 Å². The van der Waals surface area contributed by atoms with Crippen molar-refractivity contribution in [1.82, 2.24) is 14.6 Å². The van der Waals surface area contributed by atoms with Gasteiger partial charge in [-0.2, -0.15) is 4.31 Å². The molecule has 1 fully saturated rings. The van der Waals surface area contributed by atoms with E-state index >= 15 is 0 Å². The van der Waals surface area contributed by atoms with Gasteiger partial charge in [-0.25, -0.2) is 12.8 Å². The Kier molecular flexibility index (Phi) is 7.33. The molecule has 6 nitrogen and oxygen atoms in total. The zero-order chi connectivity index (χ0) is 20.7. The number of rotatable bonds is 8. The molecule has 2 aromatic rings. The molecule has 1 aliphatic heterocycles. The van der Waals surface area contributed by atoms with Gasteiger partial charge in [-0.05, 0) is 61.4 Å². The number of hydrogen-bond donors (Lipinski definition) is 1. The van der Waals surface area contributed by atoms with E-state index in [1.807, 2.05) is 12.1 Å². The number of halogens is 1. The van der Waals surface area contributed by atoms with Crippen molar-refractivity contribution in [3.63, 3.8) is 0 Å². The van der Waals surface area contributed by atoms with Crippen LogP contribution in [-0.2, 0) is 21.2 Å². The highest BCUT2D eigenvalue weighted by Crippen LogP contribution is 2.27. The van der Waals surface area contributed by atoms with Crippen LogP contribution in [0, 0.1) is 11.7 Å². The minimum atomic E-state index is -3.86. The largest absolute Gasteiger partial charge is 0.356 e. The van der Waals surface area contributed by atoms with E-state index in [-0.39, 0.29) is 16.7 Å². The summed E-state index contributed by atoms with van der Waals surface area (Å²) in [6.45, 7) is 1.26. The maximum absolute atomic E-state index is 14.0. The summed E-state index contributed by atoms with van der Waals surface area (Å²) in [6.07, 6.45) is 6.74. The molecule has 3 rings (SSSR count). The van der Waals surface area contributed by atoms with Gasteiger partial charge in [-0.3, -0.25) is 9.78 Å². The van der Waals surface area contributed by atoms with Gasteiger partial charge in [-0.1, -0.05) is 12.1 Å². The maximum Gasteiger partial charge on any atom is 0.245 e. The van der Waals surface area contributed by atoms with E-state index in [1.165, 1.54) is 22.5 Å². The number of nitrogens with one attached hydrogen (secondary N) is 1. The van der Waals surface area contributed by atoms with Gasteiger partial charge in [0.1, 0.15) is 10.7 Å². The molecular weight excluding hydrogens is 393 g/mol. The Hall–Kier alpha value is -2.32. The van der Waals surface area contributed by atoms with Gasteiger partial charge in [-0.15, -0.1) is 0 Å². The Morgan fingerprint density at radius 3 is 2.72 bits per heavy atom. The Morgan fingerprint density at radius 1 is 1.21 bits per heavy atom. The Bertz CT molecular complexity index is 922. The van der Waals surface area contributed by atoms with Gasteiger partial charge in [0.25, 0.3) is 0 Å². The number of piperidine rings is 1. The number of sulfonamides is 1. The van der Waals surface area contributed by atoms with Crippen LogP contribution >= 0.6 is 0 Å². The van der Waals surface area contributed by atoms with Gasteiger partial charge >= 0.3 is 0 Å². The Balaban J connectivity index is 1.47. The molecule has 0 radical (unpaired) electrons. The molecule has 8 heteroatoms. The number of benzene rings is 1. The average molecular weight is 420 g/mol. The fraction of sp³-hybridized carbons (Fsp3) is 0.429. The lowest BCUT2D eigenvalue weighted by molar-refractivity contribution is -0.121. The summed E-state index contributed by atoms with van der Waals surface area (Å²) < 4.78 is 40.9. The quantitative estimate of drug-likeness (QED) is 0.714. The van der Waals surface area contributed by atoms with Gasteiger partial charge in [0.05, 0.1) is 0 Å². The standard InChI is InChI=1S/C21H26FN3O3S/c22-19-5-1-2-6-20(19)29(27,28)25-15-3-4-18(16-25)7-8-21(26)24-14-11-17-9-12-23-13-10-17/h1-2,5-6,9-10,12-13,18H,3-4,7-8,11,14-16H2,(H,24,26). The van der Waals surface area contributed by atoms with Crippen LogP contribution < -0.4 is 5.32 Å². The van der Waals surface area contributed by atoms with Crippen LogP contribution in [-0.4, -0.2) is 43.2 Å². The zero-order valence-electron chi connectivity index (χ0n) is 16.3. The zero-order valence-corrected chi connectivity index (χ0v) is 17.1. The summed E-state index contributed by atoms with van der Waals surface area (Å²) in [4.78, 5) is 15.8. The summed E-state index contributed by atoms with van der Waals surface area (Å²) in [7, 11) is -3.86. The first kappa shape index (κ1) is 21.4. The van der Waals surface area contributed by atoms with Crippen molar-refractivity contribution in [3.05, 3.63) is 60.2 Å². The van der Waals surface area contributed by atoms with E-state index in [2.05, 4.69) is 10.3 Å². The van der Waals surface area contributed by atoms with Crippen LogP contribution in [0.25, 0.3) is 0 Å². The second-order valence-electron chi connectivity index (χ2n) is 7.30. The third-order valence-corrected chi connectivity index (χ3v) is 7.10. The van der Waals surface area contributed by atoms with Crippen LogP contribution in [0.1, 0.15) is 31.2 Å². The molecule has 156 valence electrons. The van der Waals surface area contributed by atoms with E-state index in [0.29, 0.717) is 38.9 Å². The van der Waals surface area contributed by atoms with E-state index in [4.69, 9.17) is 0 Å². The molecule has 1 aromatic heterocycles. The first-order chi connectivity index (χ1) is 14.0. The summed E-state index contributed by atoms with van der Waals surface area (Å²) in [5.74, 6) is -0.674. The summed E-state index contributed by atoms with van der Waals surface area (Å²) >= 11 is 0. The summed E-state index contributed by atoms with van der Waals surface area (Å²) in [6, 6.07) is 9.28. The molecule has 1 N–H and O–H groups in total. The highest BCUT2D eigenvalue weighted by molar-refractivity contribution is 7.89. The Labute approximate surface area is 171 Å². The molecule has 1 aromatic carbocycles. The molecule has 0 saturated carbocycles. The Morgan fingerprint density at radius 2 is 1.97 bits per heavy atom. The van der Waals surface area contributed by atoms with E-state index < -0.39 is 15.8 Å². The lowest BCUT2D eigenvalue weighted by Gasteiger charge is -2.32. The predicted octanol–water partition coefficient (Wildman–Crippen LogP) is 2.76. The molecule has 0 bridgehead atoms. The third-order valence-electron chi connectivity index (χ3n) is 5.20. The predicted molar refractivity (Wildman–Crippen MR) is 108 cm³/mol. The highest BCUT2D eigenvalue weighted by atomic mass is 32.2. The number of nitrogens with zero attached hydrogens (tertiary/aromatic N) is 2. The summed E-state index contributed by atoms with van der Waals surface area (Å²) in [5.41, 5.74) is 1.11. The van der Waals surface area contributed by atoms with E-state index in [0.717, 1.165) is 24.5 Å². The van der Waals surface area contributed by atoms with Crippen LogP contribution in [0.2, 0.25) is 0 Å². The molecule has 1 atom stereocenters. The minimum Gasteiger partial charge on any atom is -0.356 e. The number of carbonyl (C=O) groups excluding carboxylic acids is 1. The first-order valence-corrected chi connectivity index (χ1v) is 11.3. The second kappa shape index (κ2) is 9.93. The first-order valence-electron chi connectivity index (χ1n) is 9.87. The molecule has 0 spiro atoms. The SMILES string of the molecule is O=C(CCC1CCCN(S(=O)(=O)c2ccccc2F)C1)NCCc1ccncc1. The highest BCUT2D eigenvalue weighted by Gasteiger charge is 2.31. The van der Waals surface area contributed by atoms with Crippen molar-refractivity contribution < 1.29 is 17.6 Å². The molecule has 0 aliphatic carbocycles. The summed E-state index contributed by atoms with van der Waals surface area (Å²) in [5, 5.41) is 2.90. The monoisotopic (exact) mass is 419 g/mol. The number of pyridine rings is 1. The molecule has 1 saturated heterocycles. The van der Waals surface area contributed by atoms with Crippen molar-refractivity contribution in [1.29, 1.82) is 0 Å². The van der Waals surface area contributed by atoms with Gasteiger partial charge in [0.15, 0.2) is 0 Å². The smallest absolute Gasteiger partial charge is 0.245 e. The van der Waals surface area contributed by atoms with Crippen molar-refractivity contribution >= 4 is 15.9 Å². The van der Waals surface area contributed by atoms with Crippen molar-refractivity contribution in [3.8, 4) is 0 Å². The average Bonchev–Trinajstić information content (AvgIpc) is 2.73. The molecule has 29 heavy (non-hydrogen) atoms. The molecule has 1 unspecified atom stereocenters. The molecule has 1 aliphatic rings. The van der Waals surface area contributed by atoms with E-state index in [9.17, 15) is 17.6 Å². The number of carbonyl (C=O) groups is 1. The second-order valence-corrected chi connectivity index (χ2v) is 9.20. The minimum absolute atomic E-state index is 0.0341. The van der Waals surface area contributed by atoms with Gasteiger partial charge < -0.3 is 5.32 Å².